The summed E-state index contributed by atoms with van der Waals surface area (Å²) in [5.74, 6) is 2.57. The van der Waals surface area contributed by atoms with E-state index in [0.29, 0.717) is 0 Å². The molecule has 24 heavy (non-hydrogen) atoms. The Morgan fingerprint density at radius 2 is 1.62 bits per heavy atom. The molecule has 0 spiro atoms. The number of carbonyl (C=O) groups excluding carboxylic acids is 1. The van der Waals surface area contributed by atoms with Crippen LogP contribution in [0.2, 0.25) is 0 Å². The molecule has 0 radical (unpaired) electrons. The van der Waals surface area contributed by atoms with Gasteiger partial charge in [-0.2, -0.15) is 0 Å². The minimum atomic E-state index is 0.0176. The van der Waals surface area contributed by atoms with Crippen molar-refractivity contribution in [3.05, 3.63) is 35.4 Å². The Balaban J connectivity index is 1.37. The molecule has 1 unspecified atom stereocenters. The van der Waals surface area contributed by atoms with Gasteiger partial charge in [-0.15, -0.1) is 0 Å². The van der Waals surface area contributed by atoms with Crippen LogP contribution in [0.5, 0.6) is 0 Å². The van der Waals surface area contributed by atoms with E-state index in [2.05, 4.69) is 48.7 Å². The average Bonchev–Trinajstić information content (AvgIpc) is 2.53. The van der Waals surface area contributed by atoms with Gasteiger partial charge in [0.05, 0.1) is 6.04 Å². The Bertz CT molecular complexity index is 571. The van der Waals surface area contributed by atoms with Gasteiger partial charge in [0.15, 0.2) is 0 Å². The highest BCUT2D eigenvalue weighted by molar-refractivity contribution is 5.75. The molecule has 1 aromatic rings. The van der Waals surface area contributed by atoms with E-state index < -0.39 is 0 Å². The van der Waals surface area contributed by atoms with Gasteiger partial charge in [-0.05, 0) is 80.8 Å². The number of carbonyl (C=O) groups is 1. The molecule has 4 aliphatic carbocycles. The normalized spacial score (nSPS) is 34.8. The standard InChI is InChI=1S/C21H30N2O/c1-3-15-4-6-19(7-5-15)14(2)22-20(24)23-21-11-16-8-17(12-21)10-18(9-16)13-21/h4-7,14,16-18H,3,8-13H2,1-2H3,(H2,22,23,24). The minimum Gasteiger partial charge on any atom is -0.333 e. The second-order valence-electron chi connectivity index (χ2n) is 8.61. The van der Waals surface area contributed by atoms with Gasteiger partial charge in [0.2, 0.25) is 0 Å². The lowest BCUT2D eigenvalue weighted by molar-refractivity contribution is -0.0136. The molecule has 0 aliphatic heterocycles. The van der Waals surface area contributed by atoms with Crippen molar-refractivity contribution in [1.82, 2.24) is 10.6 Å². The van der Waals surface area contributed by atoms with Crippen molar-refractivity contribution in [2.75, 3.05) is 0 Å². The van der Waals surface area contributed by atoms with Crippen molar-refractivity contribution in [3.8, 4) is 0 Å². The Hall–Kier alpha value is -1.51. The number of nitrogens with one attached hydrogen (secondary N) is 2. The summed E-state index contributed by atoms with van der Waals surface area (Å²) in [5, 5.41) is 6.56. The molecule has 1 atom stereocenters. The van der Waals surface area contributed by atoms with E-state index in [-0.39, 0.29) is 17.6 Å². The number of hydrogen-bond donors (Lipinski definition) is 2. The van der Waals surface area contributed by atoms with Crippen LogP contribution in [0.4, 0.5) is 4.79 Å². The number of urea groups is 1. The van der Waals surface area contributed by atoms with Crippen LogP contribution < -0.4 is 10.6 Å². The first kappa shape index (κ1) is 16.0. The van der Waals surface area contributed by atoms with Crippen molar-refractivity contribution in [3.63, 3.8) is 0 Å². The topological polar surface area (TPSA) is 41.1 Å². The van der Waals surface area contributed by atoms with Gasteiger partial charge in [-0.3, -0.25) is 0 Å². The molecule has 4 bridgehead atoms. The summed E-state index contributed by atoms with van der Waals surface area (Å²) in [6.45, 7) is 4.23. The van der Waals surface area contributed by atoms with Crippen LogP contribution in [-0.4, -0.2) is 11.6 Å². The van der Waals surface area contributed by atoms with Crippen molar-refractivity contribution in [1.29, 1.82) is 0 Å². The first-order valence-electron chi connectivity index (χ1n) is 9.73. The lowest BCUT2D eigenvalue weighted by atomic mass is 9.53. The Labute approximate surface area is 145 Å². The van der Waals surface area contributed by atoms with Crippen molar-refractivity contribution in [2.45, 2.75) is 70.4 Å². The average molecular weight is 326 g/mol. The molecule has 3 nitrogen and oxygen atoms in total. The summed E-state index contributed by atoms with van der Waals surface area (Å²) < 4.78 is 0. The maximum atomic E-state index is 12.6. The fourth-order valence-electron chi connectivity index (χ4n) is 5.86. The van der Waals surface area contributed by atoms with Crippen molar-refractivity contribution >= 4 is 6.03 Å². The van der Waals surface area contributed by atoms with E-state index >= 15 is 0 Å². The van der Waals surface area contributed by atoms with Crippen LogP contribution in [0, 0.1) is 17.8 Å². The molecular formula is C21H30N2O. The highest BCUT2D eigenvalue weighted by Gasteiger charge is 2.51. The third kappa shape index (κ3) is 3.05. The van der Waals surface area contributed by atoms with E-state index in [9.17, 15) is 4.79 Å². The van der Waals surface area contributed by atoms with Gasteiger partial charge >= 0.3 is 6.03 Å². The largest absolute Gasteiger partial charge is 0.333 e. The molecule has 4 fully saturated rings. The van der Waals surface area contributed by atoms with Crippen molar-refractivity contribution in [2.24, 2.45) is 17.8 Å². The fourth-order valence-corrected chi connectivity index (χ4v) is 5.86. The first-order valence-corrected chi connectivity index (χ1v) is 9.73. The molecular weight excluding hydrogens is 296 g/mol. The smallest absolute Gasteiger partial charge is 0.315 e. The predicted octanol–water partition coefficient (Wildman–Crippen LogP) is 4.58. The monoisotopic (exact) mass is 326 g/mol. The van der Waals surface area contributed by atoms with Gasteiger partial charge in [0, 0.05) is 5.54 Å². The molecule has 0 saturated heterocycles. The zero-order valence-electron chi connectivity index (χ0n) is 15.0. The lowest BCUT2D eigenvalue weighted by Crippen LogP contribution is -2.61. The number of aryl methyl sites for hydroxylation is 1. The summed E-state index contributed by atoms with van der Waals surface area (Å²) in [6, 6.07) is 8.65. The molecule has 2 N–H and O–H groups in total. The predicted molar refractivity (Wildman–Crippen MR) is 96.8 cm³/mol. The van der Waals surface area contributed by atoms with Crippen LogP contribution in [0.15, 0.2) is 24.3 Å². The van der Waals surface area contributed by atoms with Gasteiger partial charge < -0.3 is 10.6 Å². The highest BCUT2D eigenvalue weighted by Crippen LogP contribution is 2.55. The van der Waals surface area contributed by atoms with E-state index in [4.69, 9.17) is 0 Å². The summed E-state index contributed by atoms with van der Waals surface area (Å²) in [4.78, 5) is 12.6. The van der Waals surface area contributed by atoms with Gasteiger partial charge in [-0.25, -0.2) is 4.79 Å². The zero-order valence-corrected chi connectivity index (χ0v) is 15.0. The maximum Gasteiger partial charge on any atom is 0.315 e. The Morgan fingerprint density at radius 3 is 2.12 bits per heavy atom. The summed E-state index contributed by atoms with van der Waals surface area (Å²) in [5.41, 5.74) is 2.60. The molecule has 0 heterocycles. The number of benzene rings is 1. The molecule has 2 amide bonds. The second-order valence-corrected chi connectivity index (χ2v) is 8.61. The van der Waals surface area contributed by atoms with E-state index in [0.717, 1.165) is 24.2 Å². The van der Waals surface area contributed by atoms with E-state index in [1.54, 1.807) is 0 Å². The van der Waals surface area contributed by atoms with E-state index in [1.165, 1.54) is 49.7 Å². The Kier molecular flexibility index (Phi) is 4.06. The molecule has 130 valence electrons. The van der Waals surface area contributed by atoms with Crippen LogP contribution in [-0.2, 0) is 6.42 Å². The van der Waals surface area contributed by atoms with Crippen LogP contribution in [0.3, 0.4) is 0 Å². The van der Waals surface area contributed by atoms with Gasteiger partial charge in [0.25, 0.3) is 0 Å². The van der Waals surface area contributed by atoms with Gasteiger partial charge in [-0.1, -0.05) is 31.2 Å². The summed E-state index contributed by atoms with van der Waals surface area (Å²) in [6.07, 6.45) is 8.87. The molecule has 4 saturated carbocycles. The van der Waals surface area contributed by atoms with E-state index in [1.807, 2.05) is 0 Å². The summed E-state index contributed by atoms with van der Waals surface area (Å²) >= 11 is 0. The van der Waals surface area contributed by atoms with Crippen LogP contribution in [0.1, 0.15) is 69.5 Å². The van der Waals surface area contributed by atoms with Gasteiger partial charge in [0.1, 0.15) is 0 Å². The molecule has 4 aliphatic rings. The summed E-state index contributed by atoms with van der Waals surface area (Å²) in [7, 11) is 0. The van der Waals surface area contributed by atoms with Crippen molar-refractivity contribution < 1.29 is 4.79 Å². The Morgan fingerprint density at radius 1 is 1.08 bits per heavy atom. The highest BCUT2D eigenvalue weighted by atomic mass is 16.2. The first-order chi connectivity index (χ1) is 11.5. The molecule has 5 rings (SSSR count). The fraction of sp³-hybridized carbons (Fsp3) is 0.667. The lowest BCUT2D eigenvalue weighted by Gasteiger charge is -2.56. The number of amides is 2. The van der Waals surface area contributed by atoms with Crippen LogP contribution >= 0.6 is 0 Å². The molecule has 0 aromatic heterocycles. The zero-order chi connectivity index (χ0) is 16.7. The molecule has 1 aromatic carbocycles. The molecule has 3 heteroatoms. The third-order valence-corrected chi connectivity index (χ3v) is 6.65. The number of hydrogen-bond acceptors (Lipinski definition) is 1. The number of rotatable bonds is 4. The quantitative estimate of drug-likeness (QED) is 0.835. The maximum absolute atomic E-state index is 12.6. The minimum absolute atomic E-state index is 0.0176. The second kappa shape index (κ2) is 6.09. The third-order valence-electron chi connectivity index (χ3n) is 6.65. The SMILES string of the molecule is CCc1ccc(C(C)NC(=O)NC23CC4CC(CC(C4)C2)C3)cc1. The van der Waals surface area contributed by atoms with Crippen LogP contribution in [0.25, 0.3) is 0 Å².